The average molecular weight is 253 g/mol. The SMILES string of the molecule is CCCC(C)Oc1cc([N+](=O)[O-])cc(NCC)n1. The van der Waals surface area contributed by atoms with Gasteiger partial charge in [0.15, 0.2) is 0 Å². The molecule has 0 aromatic carbocycles. The van der Waals surface area contributed by atoms with Crippen molar-refractivity contribution in [1.29, 1.82) is 0 Å². The van der Waals surface area contributed by atoms with E-state index >= 15 is 0 Å². The number of nitro groups is 1. The summed E-state index contributed by atoms with van der Waals surface area (Å²) in [5, 5.41) is 13.8. The van der Waals surface area contributed by atoms with Crippen molar-refractivity contribution in [2.75, 3.05) is 11.9 Å². The summed E-state index contributed by atoms with van der Waals surface area (Å²) in [5.41, 5.74) is -0.0142. The third-order valence-corrected chi connectivity index (χ3v) is 2.37. The molecule has 1 unspecified atom stereocenters. The van der Waals surface area contributed by atoms with Crippen molar-refractivity contribution in [2.45, 2.75) is 39.7 Å². The fraction of sp³-hybridized carbons (Fsp3) is 0.583. The molecule has 1 heterocycles. The molecule has 1 atom stereocenters. The second kappa shape index (κ2) is 6.78. The number of nitrogens with one attached hydrogen (secondary N) is 1. The van der Waals surface area contributed by atoms with Gasteiger partial charge in [-0.2, -0.15) is 4.98 Å². The van der Waals surface area contributed by atoms with E-state index in [4.69, 9.17) is 4.74 Å². The molecule has 6 heteroatoms. The lowest BCUT2D eigenvalue weighted by Crippen LogP contribution is -2.13. The minimum atomic E-state index is -0.445. The second-order valence-electron chi connectivity index (χ2n) is 4.05. The van der Waals surface area contributed by atoms with Crippen LogP contribution in [0.25, 0.3) is 0 Å². The molecule has 1 N–H and O–H groups in total. The Morgan fingerprint density at radius 1 is 1.50 bits per heavy atom. The maximum absolute atomic E-state index is 10.8. The van der Waals surface area contributed by atoms with Gasteiger partial charge in [0.05, 0.1) is 23.2 Å². The fourth-order valence-electron chi connectivity index (χ4n) is 1.60. The lowest BCUT2D eigenvalue weighted by atomic mass is 10.2. The van der Waals surface area contributed by atoms with Crippen LogP contribution in [0.2, 0.25) is 0 Å². The topological polar surface area (TPSA) is 77.3 Å². The molecule has 0 saturated heterocycles. The monoisotopic (exact) mass is 253 g/mol. The number of hydrogen-bond acceptors (Lipinski definition) is 5. The highest BCUT2D eigenvalue weighted by atomic mass is 16.6. The number of pyridine rings is 1. The Morgan fingerprint density at radius 2 is 2.22 bits per heavy atom. The van der Waals surface area contributed by atoms with Crippen LogP contribution in [-0.4, -0.2) is 22.6 Å². The number of rotatable bonds is 7. The number of nitrogens with zero attached hydrogens (tertiary/aromatic N) is 2. The summed E-state index contributed by atoms with van der Waals surface area (Å²) in [6.45, 7) is 6.54. The number of ether oxygens (including phenoxy) is 1. The molecule has 1 aromatic rings. The van der Waals surface area contributed by atoms with Crippen LogP contribution >= 0.6 is 0 Å². The van der Waals surface area contributed by atoms with Crippen molar-refractivity contribution in [1.82, 2.24) is 4.98 Å². The van der Waals surface area contributed by atoms with Crippen molar-refractivity contribution in [2.24, 2.45) is 0 Å². The van der Waals surface area contributed by atoms with Crippen LogP contribution in [0.3, 0.4) is 0 Å². The van der Waals surface area contributed by atoms with E-state index in [0.717, 1.165) is 12.8 Å². The van der Waals surface area contributed by atoms with Crippen LogP contribution in [0.5, 0.6) is 5.88 Å². The fourth-order valence-corrected chi connectivity index (χ4v) is 1.60. The largest absolute Gasteiger partial charge is 0.474 e. The van der Waals surface area contributed by atoms with Gasteiger partial charge in [0.1, 0.15) is 5.82 Å². The van der Waals surface area contributed by atoms with Gasteiger partial charge in [0, 0.05) is 6.54 Å². The predicted octanol–water partition coefficient (Wildman–Crippen LogP) is 2.99. The van der Waals surface area contributed by atoms with E-state index in [1.807, 2.05) is 13.8 Å². The first-order chi connectivity index (χ1) is 8.56. The van der Waals surface area contributed by atoms with Crippen LogP contribution in [0.4, 0.5) is 11.5 Å². The highest BCUT2D eigenvalue weighted by molar-refractivity contribution is 5.48. The number of anilines is 1. The van der Waals surface area contributed by atoms with Crippen LogP contribution in [0, 0.1) is 10.1 Å². The van der Waals surface area contributed by atoms with E-state index in [2.05, 4.69) is 17.2 Å². The Bertz CT molecular complexity index is 410. The molecule has 0 aliphatic heterocycles. The zero-order chi connectivity index (χ0) is 13.5. The van der Waals surface area contributed by atoms with Crippen molar-refractivity contribution >= 4 is 11.5 Å². The lowest BCUT2D eigenvalue weighted by Gasteiger charge is -2.13. The van der Waals surface area contributed by atoms with Crippen molar-refractivity contribution < 1.29 is 9.66 Å². The molecule has 0 saturated carbocycles. The Balaban J connectivity index is 2.91. The smallest absolute Gasteiger partial charge is 0.278 e. The molecule has 0 fully saturated rings. The van der Waals surface area contributed by atoms with E-state index in [1.165, 1.54) is 12.1 Å². The summed E-state index contributed by atoms with van der Waals surface area (Å²) in [4.78, 5) is 14.6. The van der Waals surface area contributed by atoms with E-state index in [-0.39, 0.29) is 11.8 Å². The van der Waals surface area contributed by atoms with Gasteiger partial charge in [-0.05, 0) is 20.3 Å². The summed E-state index contributed by atoms with van der Waals surface area (Å²) in [7, 11) is 0. The first kappa shape index (κ1) is 14.2. The Hall–Kier alpha value is -1.85. The minimum Gasteiger partial charge on any atom is -0.474 e. The van der Waals surface area contributed by atoms with Gasteiger partial charge in [-0.3, -0.25) is 10.1 Å². The van der Waals surface area contributed by atoms with Gasteiger partial charge >= 0.3 is 0 Å². The van der Waals surface area contributed by atoms with Crippen LogP contribution in [0.1, 0.15) is 33.6 Å². The Morgan fingerprint density at radius 3 is 2.78 bits per heavy atom. The normalized spacial score (nSPS) is 11.9. The summed E-state index contributed by atoms with van der Waals surface area (Å²) < 4.78 is 5.58. The third kappa shape index (κ3) is 4.20. The van der Waals surface area contributed by atoms with Gasteiger partial charge in [-0.15, -0.1) is 0 Å². The molecule has 0 amide bonds. The second-order valence-corrected chi connectivity index (χ2v) is 4.05. The summed E-state index contributed by atoms with van der Waals surface area (Å²) >= 11 is 0. The van der Waals surface area contributed by atoms with Gasteiger partial charge in [0.25, 0.3) is 5.69 Å². The maximum Gasteiger partial charge on any atom is 0.278 e. The van der Waals surface area contributed by atoms with E-state index in [1.54, 1.807) is 0 Å². The zero-order valence-corrected chi connectivity index (χ0v) is 11.0. The van der Waals surface area contributed by atoms with Crippen molar-refractivity contribution in [3.8, 4) is 5.88 Å². The molecule has 100 valence electrons. The summed E-state index contributed by atoms with van der Waals surface area (Å²) in [6, 6.07) is 2.76. The van der Waals surface area contributed by atoms with Crippen molar-refractivity contribution in [3.63, 3.8) is 0 Å². The first-order valence-corrected chi connectivity index (χ1v) is 6.13. The standard InChI is InChI=1S/C12H19N3O3/c1-4-6-9(3)18-12-8-10(15(16)17)7-11(14-12)13-5-2/h7-9H,4-6H2,1-3H3,(H,13,14). The summed E-state index contributed by atoms with van der Waals surface area (Å²) in [5.74, 6) is 0.756. The molecule has 0 aliphatic rings. The molecule has 6 nitrogen and oxygen atoms in total. The molecule has 1 aromatic heterocycles. The van der Waals surface area contributed by atoms with Gasteiger partial charge in [-0.25, -0.2) is 0 Å². The molecular formula is C12H19N3O3. The van der Waals surface area contributed by atoms with Gasteiger partial charge in [-0.1, -0.05) is 13.3 Å². The Kier molecular flexibility index (Phi) is 5.35. The van der Waals surface area contributed by atoms with Crippen LogP contribution in [0.15, 0.2) is 12.1 Å². The third-order valence-electron chi connectivity index (χ3n) is 2.37. The van der Waals surface area contributed by atoms with Gasteiger partial charge in [0.2, 0.25) is 5.88 Å². The average Bonchev–Trinajstić information content (AvgIpc) is 2.29. The minimum absolute atomic E-state index is 0.000944. The molecule has 1 rings (SSSR count). The molecule has 0 radical (unpaired) electrons. The Labute approximate surface area is 107 Å². The van der Waals surface area contributed by atoms with E-state index in [0.29, 0.717) is 18.2 Å². The maximum atomic E-state index is 10.8. The predicted molar refractivity (Wildman–Crippen MR) is 70.1 cm³/mol. The van der Waals surface area contributed by atoms with Crippen LogP contribution < -0.4 is 10.1 Å². The summed E-state index contributed by atoms with van der Waals surface area (Å²) in [6.07, 6.45) is 1.89. The van der Waals surface area contributed by atoms with E-state index < -0.39 is 4.92 Å². The van der Waals surface area contributed by atoms with Gasteiger partial charge < -0.3 is 10.1 Å². The van der Waals surface area contributed by atoms with E-state index in [9.17, 15) is 10.1 Å². The molecule has 0 aliphatic carbocycles. The molecule has 0 spiro atoms. The first-order valence-electron chi connectivity index (χ1n) is 6.13. The highest BCUT2D eigenvalue weighted by Gasteiger charge is 2.13. The van der Waals surface area contributed by atoms with Crippen molar-refractivity contribution in [3.05, 3.63) is 22.2 Å². The molecule has 0 bridgehead atoms. The highest BCUT2D eigenvalue weighted by Crippen LogP contribution is 2.23. The lowest BCUT2D eigenvalue weighted by molar-refractivity contribution is -0.384. The van der Waals surface area contributed by atoms with Crippen LogP contribution in [-0.2, 0) is 0 Å². The number of hydrogen-bond donors (Lipinski definition) is 1. The zero-order valence-electron chi connectivity index (χ0n) is 11.0. The molecule has 18 heavy (non-hydrogen) atoms. The number of aromatic nitrogens is 1. The molecular weight excluding hydrogens is 234 g/mol. The quantitative estimate of drug-likeness (QED) is 0.597.